The number of aromatic nitrogens is 1. The Morgan fingerprint density at radius 3 is 2.36 bits per heavy atom. The van der Waals surface area contributed by atoms with E-state index in [0.29, 0.717) is 33.9 Å². The van der Waals surface area contributed by atoms with Gasteiger partial charge in [-0.15, -0.1) is 0 Å². The maximum Gasteiger partial charge on any atom is 0.305 e. The standard InChI is InChI=1S/C20H24N2O6/c1-10-18(12(3)23)11(2)21-19(10)20(26)22-15(9-17(24)25)14-7-6-13(27-4)8-16(14)28-5/h6-8,15,21H,9H2,1-5H3,(H,22,26)(H,24,25). The van der Waals surface area contributed by atoms with E-state index in [-0.39, 0.29) is 17.9 Å². The van der Waals surface area contributed by atoms with E-state index < -0.39 is 17.9 Å². The van der Waals surface area contributed by atoms with Crippen molar-refractivity contribution in [3.8, 4) is 11.5 Å². The fourth-order valence-corrected chi connectivity index (χ4v) is 3.26. The molecule has 1 atom stereocenters. The minimum atomic E-state index is -1.08. The van der Waals surface area contributed by atoms with Crippen molar-refractivity contribution in [2.75, 3.05) is 14.2 Å². The Morgan fingerprint density at radius 2 is 1.86 bits per heavy atom. The zero-order valence-electron chi connectivity index (χ0n) is 16.5. The molecule has 1 amide bonds. The molecule has 3 N–H and O–H groups in total. The zero-order valence-corrected chi connectivity index (χ0v) is 16.5. The lowest BCUT2D eigenvalue weighted by Gasteiger charge is -2.20. The number of carbonyl (C=O) groups excluding carboxylic acids is 2. The van der Waals surface area contributed by atoms with Gasteiger partial charge in [0, 0.05) is 22.9 Å². The number of rotatable bonds is 8. The van der Waals surface area contributed by atoms with Crippen LogP contribution in [0.1, 0.15) is 57.1 Å². The van der Waals surface area contributed by atoms with Gasteiger partial charge in [-0.3, -0.25) is 14.4 Å². The Morgan fingerprint density at radius 1 is 1.18 bits per heavy atom. The van der Waals surface area contributed by atoms with Gasteiger partial charge >= 0.3 is 5.97 Å². The van der Waals surface area contributed by atoms with Crippen LogP contribution in [0, 0.1) is 13.8 Å². The highest BCUT2D eigenvalue weighted by Gasteiger charge is 2.26. The first-order valence-electron chi connectivity index (χ1n) is 8.64. The number of amides is 1. The molecule has 0 bridgehead atoms. The summed E-state index contributed by atoms with van der Waals surface area (Å²) in [7, 11) is 2.96. The van der Waals surface area contributed by atoms with Crippen molar-refractivity contribution >= 4 is 17.7 Å². The van der Waals surface area contributed by atoms with Crippen molar-refractivity contribution in [2.45, 2.75) is 33.2 Å². The van der Waals surface area contributed by atoms with Crippen LogP contribution in [0.2, 0.25) is 0 Å². The Labute approximate surface area is 162 Å². The normalized spacial score (nSPS) is 11.6. The van der Waals surface area contributed by atoms with E-state index in [1.165, 1.54) is 21.1 Å². The van der Waals surface area contributed by atoms with Gasteiger partial charge in [0.05, 0.1) is 26.7 Å². The molecule has 0 saturated carbocycles. The summed E-state index contributed by atoms with van der Waals surface area (Å²) in [5.41, 5.74) is 2.31. The van der Waals surface area contributed by atoms with Crippen LogP contribution < -0.4 is 14.8 Å². The average Bonchev–Trinajstić information content (AvgIpc) is 2.94. The van der Waals surface area contributed by atoms with Gasteiger partial charge in [-0.25, -0.2) is 0 Å². The van der Waals surface area contributed by atoms with Gasteiger partial charge in [0.1, 0.15) is 17.2 Å². The molecule has 0 aliphatic rings. The van der Waals surface area contributed by atoms with Crippen molar-refractivity contribution in [3.05, 3.63) is 46.3 Å². The molecule has 150 valence electrons. The first-order valence-corrected chi connectivity index (χ1v) is 8.64. The molecule has 1 heterocycles. The summed E-state index contributed by atoms with van der Waals surface area (Å²) < 4.78 is 10.5. The number of ketones is 1. The molecule has 0 fully saturated rings. The van der Waals surface area contributed by atoms with E-state index in [0.717, 1.165) is 0 Å². The molecule has 1 aromatic heterocycles. The number of benzene rings is 1. The van der Waals surface area contributed by atoms with Crippen molar-refractivity contribution in [2.24, 2.45) is 0 Å². The third kappa shape index (κ3) is 4.33. The number of carbonyl (C=O) groups is 3. The number of hydrogen-bond donors (Lipinski definition) is 3. The smallest absolute Gasteiger partial charge is 0.305 e. The van der Waals surface area contributed by atoms with Gasteiger partial charge in [0.2, 0.25) is 0 Å². The second kappa shape index (κ2) is 8.60. The van der Waals surface area contributed by atoms with Crippen LogP contribution >= 0.6 is 0 Å². The highest BCUT2D eigenvalue weighted by atomic mass is 16.5. The van der Waals surface area contributed by atoms with Crippen molar-refractivity contribution in [1.82, 2.24) is 10.3 Å². The third-order valence-corrected chi connectivity index (χ3v) is 4.52. The van der Waals surface area contributed by atoms with Gasteiger partial charge in [-0.2, -0.15) is 0 Å². The lowest BCUT2D eigenvalue weighted by Crippen LogP contribution is -2.31. The fourth-order valence-electron chi connectivity index (χ4n) is 3.26. The lowest BCUT2D eigenvalue weighted by molar-refractivity contribution is -0.137. The van der Waals surface area contributed by atoms with Crippen LogP contribution in [0.5, 0.6) is 11.5 Å². The van der Waals surface area contributed by atoms with Gasteiger partial charge < -0.3 is 24.9 Å². The van der Waals surface area contributed by atoms with E-state index >= 15 is 0 Å². The first-order chi connectivity index (χ1) is 13.2. The molecule has 8 heteroatoms. The van der Waals surface area contributed by atoms with E-state index in [2.05, 4.69) is 10.3 Å². The molecule has 0 aliphatic heterocycles. The summed E-state index contributed by atoms with van der Waals surface area (Å²) in [5, 5.41) is 12.0. The van der Waals surface area contributed by atoms with Crippen LogP contribution in [0.15, 0.2) is 18.2 Å². The third-order valence-electron chi connectivity index (χ3n) is 4.52. The quantitative estimate of drug-likeness (QED) is 0.599. The van der Waals surface area contributed by atoms with Crippen LogP contribution in [0.4, 0.5) is 0 Å². The largest absolute Gasteiger partial charge is 0.497 e. The molecule has 1 unspecified atom stereocenters. The van der Waals surface area contributed by atoms with E-state index in [4.69, 9.17) is 9.47 Å². The van der Waals surface area contributed by atoms with Gasteiger partial charge in [0.25, 0.3) is 5.91 Å². The summed E-state index contributed by atoms with van der Waals surface area (Å²) >= 11 is 0. The predicted molar refractivity (Wildman–Crippen MR) is 102 cm³/mol. The topological polar surface area (TPSA) is 118 Å². The summed E-state index contributed by atoms with van der Waals surface area (Å²) in [5.74, 6) is -0.786. The average molecular weight is 388 g/mol. The fraction of sp³-hybridized carbons (Fsp3) is 0.350. The number of aliphatic carboxylic acids is 1. The molecule has 0 saturated heterocycles. The van der Waals surface area contributed by atoms with Gasteiger partial charge in [0.15, 0.2) is 5.78 Å². The predicted octanol–water partition coefficient (Wildman–Crippen LogP) is 2.80. The molecular formula is C20H24N2O6. The van der Waals surface area contributed by atoms with E-state index in [1.54, 1.807) is 32.0 Å². The molecule has 0 aliphatic carbocycles. The van der Waals surface area contributed by atoms with Crippen LogP contribution in [0.3, 0.4) is 0 Å². The summed E-state index contributed by atoms with van der Waals surface area (Å²) in [6.07, 6.45) is -0.341. The second-order valence-electron chi connectivity index (χ2n) is 6.41. The number of ether oxygens (including phenoxy) is 2. The van der Waals surface area contributed by atoms with E-state index in [1.807, 2.05) is 0 Å². The lowest BCUT2D eigenvalue weighted by atomic mass is 10.0. The Bertz CT molecular complexity index is 916. The Hall–Kier alpha value is -3.29. The number of nitrogens with one attached hydrogen (secondary N) is 2. The number of carboxylic acid groups (broad SMARTS) is 1. The van der Waals surface area contributed by atoms with Crippen molar-refractivity contribution in [3.63, 3.8) is 0 Å². The van der Waals surface area contributed by atoms with Crippen molar-refractivity contribution in [1.29, 1.82) is 0 Å². The zero-order chi connectivity index (χ0) is 21.0. The van der Waals surface area contributed by atoms with Crippen molar-refractivity contribution < 1.29 is 29.0 Å². The minimum Gasteiger partial charge on any atom is -0.497 e. The van der Waals surface area contributed by atoms with Gasteiger partial charge in [-0.1, -0.05) is 0 Å². The Balaban J connectivity index is 2.41. The first kappa shape index (κ1) is 21.0. The maximum absolute atomic E-state index is 12.8. The molecular weight excluding hydrogens is 364 g/mol. The Kier molecular flexibility index (Phi) is 6.45. The molecule has 28 heavy (non-hydrogen) atoms. The summed E-state index contributed by atoms with van der Waals surface area (Å²) in [6.45, 7) is 4.82. The summed E-state index contributed by atoms with van der Waals surface area (Å²) in [4.78, 5) is 38.9. The molecule has 8 nitrogen and oxygen atoms in total. The number of methoxy groups -OCH3 is 2. The number of H-pyrrole nitrogens is 1. The SMILES string of the molecule is COc1ccc(C(CC(=O)O)NC(=O)c2[nH]c(C)c(C(C)=O)c2C)c(OC)c1. The number of hydrogen-bond acceptors (Lipinski definition) is 5. The number of aromatic amines is 1. The highest BCUT2D eigenvalue weighted by molar-refractivity contribution is 6.02. The summed E-state index contributed by atoms with van der Waals surface area (Å²) in [6, 6.07) is 4.10. The number of Topliss-reactive ketones (excluding diaryl/α,β-unsaturated/α-hetero) is 1. The molecule has 2 rings (SSSR count). The highest BCUT2D eigenvalue weighted by Crippen LogP contribution is 2.31. The second-order valence-corrected chi connectivity index (χ2v) is 6.41. The van der Waals surface area contributed by atoms with Crippen LogP contribution in [-0.4, -0.2) is 42.0 Å². The maximum atomic E-state index is 12.8. The number of carboxylic acids is 1. The van der Waals surface area contributed by atoms with E-state index in [9.17, 15) is 19.5 Å². The molecule has 0 spiro atoms. The monoisotopic (exact) mass is 388 g/mol. The minimum absolute atomic E-state index is 0.149. The number of aryl methyl sites for hydroxylation is 1. The molecule has 2 aromatic rings. The molecule has 1 aromatic carbocycles. The molecule has 0 radical (unpaired) electrons. The van der Waals surface area contributed by atoms with Crippen LogP contribution in [-0.2, 0) is 4.79 Å². The van der Waals surface area contributed by atoms with Gasteiger partial charge in [-0.05, 0) is 38.5 Å². The van der Waals surface area contributed by atoms with Crippen LogP contribution in [0.25, 0.3) is 0 Å².